The first-order valence-corrected chi connectivity index (χ1v) is 5.29. The molecule has 5 heteroatoms. The second-order valence-corrected chi connectivity index (χ2v) is 3.90. The highest BCUT2D eigenvalue weighted by molar-refractivity contribution is 5.38. The summed E-state index contributed by atoms with van der Waals surface area (Å²) in [6, 6.07) is 1.85. The molecule has 0 saturated heterocycles. The number of nitrogens with one attached hydrogen (secondary N) is 1. The van der Waals surface area contributed by atoms with Gasteiger partial charge in [-0.3, -0.25) is 0 Å². The van der Waals surface area contributed by atoms with E-state index in [0.29, 0.717) is 5.82 Å². The van der Waals surface area contributed by atoms with Gasteiger partial charge in [0.15, 0.2) is 0 Å². The maximum Gasteiger partial charge on any atom is 0.221 e. The first-order chi connectivity index (χ1) is 7.25. The SMILES string of the molecule is Nc1nccc(NC2CCCCC2O)n1. The normalized spacial score (nSPS) is 26.2. The van der Waals surface area contributed by atoms with Crippen molar-refractivity contribution in [3.8, 4) is 0 Å². The van der Waals surface area contributed by atoms with Crippen LogP contribution in [0.1, 0.15) is 25.7 Å². The van der Waals surface area contributed by atoms with Crippen molar-refractivity contribution >= 4 is 11.8 Å². The summed E-state index contributed by atoms with van der Waals surface area (Å²) in [6.45, 7) is 0. The number of nitrogens with zero attached hydrogens (tertiary/aromatic N) is 2. The predicted molar refractivity (Wildman–Crippen MR) is 58.3 cm³/mol. The van der Waals surface area contributed by atoms with Crippen LogP contribution < -0.4 is 11.1 Å². The molecule has 1 aliphatic carbocycles. The number of anilines is 2. The third kappa shape index (κ3) is 2.56. The molecule has 0 aliphatic heterocycles. The quantitative estimate of drug-likeness (QED) is 0.668. The number of rotatable bonds is 2. The standard InChI is InChI=1S/C10H16N4O/c11-10-12-6-5-9(14-10)13-7-3-1-2-4-8(7)15/h5-8,15H,1-4H2,(H3,11,12,13,14). The summed E-state index contributed by atoms with van der Waals surface area (Å²) in [5.41, 5.74) is 5.47. The highest BCUT2D eigenvalue weighted by Crippen LogP contribution is 2.21. The Bertz CT molecular complexity index is 331. The van der Waals surface area contributed by atoms with Gasteiger partial charge in [-0.15, -0.1) is 0 Å². The topological polar surface area (TPSA) is 84.1 Å². The number of aliphatic hydroxyl groups is 1. The average molecular weight is 208 g/mol. The van der Waals surface area contributed by atoms with Crippen molar-refractivity contribution in [2.24, 2.45) is 0 Å². The molecule has 5 nitrogen and oxygen atoms in total. The summed E-state index contributed by atoms with van der Waals surface area (Å²) >= 11 is 0. The number of aliphatic hydroxyl groups excluding tert-OH is 1. The van der Waals surface area contributed by atoms with E-state index in [1.807, 2.05) is 0 Å². The van der Waals surface area contributed by atoms with Gasteiger partial charge in [-0.1, -0.05) is 12.8 Å². The molecule has 1 heterocycles. The molecular weight excluding hydrogens is 192 g/mol. The predicted octanol–water partition coefficient (Wildman–Crippen LogP) is 0.774. The van der Waals surface area contributed by atoms with Gasteiger partial charge in [-0.2, -0.15) is 4.98 Å². The van der Waals surface area contributed by atoms with Gasteiger partial charge in [-0.05, 0) is 18.9 Å². The Morgan fingerprint density at radius 3 is 2.93 bits per heavy atom. The van der Waals surface area contributed by atoms with E-state index in [2.05, 4.69) is 15.3 Å². The minimum absolute atomic E-state index is 0.0908. The van der Waals surface area contributed by atoms with E-state index in [-0.39, 0.29) is 18.1 Å². The summed E-state index contributed by atoms with van der Waals surface area (Å²) in [4.78, 5) is 7.86. The maximum absolute atomic E-state index is 9.76. The molecule has 0 radical (unpaired) electrons. The van der Waals surface area contributed by atoms with E-state index in [1.165, 1.54) is 0 Å². The largest absolute Gasteiger partial charge is 0.391 e. The maximum atomic E-state index is 9.76. The summed E-state index contributed by atoms with van der Waals surface area (Å²) < 4.78 is 0. The molecular formula is C10H16N4O. The number of aromatic nitrogens is 2. The van der Waals surface area contributed by atoms with E-state index in [4.69, 9.17) is 5.73 Å². The second-order valence-electron chi connectivity index (χ2n) is 3.90. The molecule has 2 atom stereocenters. The Hall–Kier alpha value is -1.36. The summed E-state index contributed by atoms with van der Waals surface area (Å²) in [5, 5.41) is 13.0. The number of nitrogens with two attached hydrogens (primary N) is 1. The van der Waals surface area contributed by atoms with Crippen LogP contribution in [0.4, 0.5) is 11.8 Å². The fraction of sp³-hybridized carbons (Fsp3) is 0.600. The Morgan fingerprint density at radius 1 is 1.40 bits per heavy atom. The molecule has 1 aromatic rings. The zero-order valence-electron chi connectivity index (χ0n) is 8.56. The molecule has 1 aliphatic rings. The van der Waals surface area contributed by atoms with E-state index >= 15 is 0 Å². The van der Waals surface area contributed by atoms with Crippen molar-refractivity contribution in [1.29, 1.82) is 0 Å². The van der Waals surface area contributed by atoms with Crippen molar-refractivity contribution in [2.45, 2.75) is 37.8 Å². The highest BCUT2D eigenvalue weighted by Gasteiger charge is 2.22. The fourth-order valence-corrected chi connectivity index (χ4v) is 1.92. The molecule has 2 rings (SSSR count). The second kappa shape index (κ2) is 4.44. The van der Waals surface area contributed by atoms with Crippen LogP contribution in [-0.4, -0.2) is 27.2 Å². The number of nitrogen functional groups attached to an aromatic ring is 1. The van der Waals surface area contributed by atoms with Gasteiger partial charge in [0.2, 0.25) is 5.95 Å². The van der Waals surface area contributed by atoms with Crippen LogP contribution >= 0.6 is 0 Å². The molecule has 0 spiro atoms. The van der Waals surface area contributed by atoms with Crippen LogP contribution in [0.2, 0.25) is 0 Å². The zero-order chi connectivity index (χ0) is 10.7. The molecule has 15 heavy (non-hydrogen) atoms. The first-order valence-electron chi connectivity index (χ1n) is 5.29. The van der Waals surface area contributed by atoms with E-state index in [9.17, 15) is 5.11 Å². The lowest BCUT2D eigenvalue weighted by Crippen LogP contribution is -2.36. The van der Waals surface area contributed by atoms with Gasteiger partial charge in [0.25, 0.3) is 0 Å². The van der Waals surface area contributed by atoms with Crippen LogP contribution in [0, 0.1) is 0 Å². The first kappa shape index (κ1) is 10.2. The van der Waals surface area contributed by atoms with Crippen molar-refractivity contribution in [3.05, 3.63) is 12.3 Å². The lowest BCUT2D eigenvalue weighted by molar-refractivity contribution is 0.116. The molecule has 4 N–H and O–H groups in total. The summed E-state index contributed by atoms with van der Waals surface area (Å²) in [7, 11) is 0. The Kier molecular flexibility index (Phi) is 3.01. The summed E-state index contributed by atoms with van der Waals surface area (Å²) in [5.74, 6) is 0.943. The Labute approximate surface area is 88.7 Å². The van der Waals surface area contributed by atoms with Gasteiger partial charge in [0, 0.05) is 6.20 Å². The van der Waals surface area contributed by atoms with Gasteiger partial charge in [0.05, 0.1) is 12.1 Å². The van der Waals surface area contributed by atoms with Crippen molar-refractivity contribution in [1.82, 2.24) is 9.97 Å². The fourth-order valence-electron chi connectivity index (χ4n) is 1.92. The molecule has 1 aromatic heterocycles. The van der Waals surface area contributed by atoms with Crippen LogP contribution in [0.15, 0.2) is 12.3 Å². The minimum atomic E-state index is -0.282. The smallest absolute Gasteiger partial charge is 0.221 e. The average Bonchev–Trinajstić information content (AvgIpc) is 2.22. The lowest BCUT2D eigenvalue weighted by atomic mass is 9.93. The molecule has 1 fully saturated rings. The molecule has 2 unspecified atom stereocenters. The van der Waals surface area contributed by atoms with Gasteiger partial charge in [-0.25, -0.2) is 4.98 Å². The van der Waals surface area contributed by atoms with Crippen molar-refractivity contribution in [3.63, 3.8) is 0 Å². The Morgan fingerprint density at radius 2 is 2.20 bits per heavy atom. The molecule has 0 aromatic carbocycles. The van der Waals surface area contributed by atoms with E-state index in [0.717, 1.165) is 25.7 Å². The number of hydrogen-bond acceptors (Lipinski definition) is 5. The Balaban J connectivity index is 2.01. The summed E-state index contributed by atoms with van der Waals surface area (Å²) in [6.07, 6.45) is 5.42. The third-order valence-electron chi connectivity index (χ3n) is 2.74. The lowest BCUT2D eigenvalue weighted by Gasteiger charge is -2.28. The van der Waals surface area contributed by atoms with Crippen LogP contribution in [0.25, 0.3) is 0 Å². The number of hydrogen-bond donors (Lipinski definition) is 3. The zero-order valence-corrected chi connectivity index (χ0v) is 8.56. The van der Waals surface area contributed by atoms with Crippen LogP contribution in [-0.2, 0) is 0 Å². The molecule has 0 bridgehead atoms. The third-order valence-corrected chi connectivity index (χ3v) is 2.74. The monoisotopic (exact) mass is 208 g/mol. The molecule has 0 amide bonds. The molecule has 1 saturated carbocycles. The van der Waals surface area contributed by atoms with Gasteiger partial charge in [0.1, 0.15) is 5.82 Å². The van der Waals surface area contributed by atoms with Crippen molar-refractivity contribution < 1.29 is 5.11 Å². The van der Waals surface area contributed by atoms with Gasteiger partial charge < -0.3 is 16.2 Å². The van der Waals surface area contributed by atoms with Crippen LogP contribution in [0.3, 0.4) is 0 Å². The minimum Gasteiger partial charge on any atom is -0.391 e. The van der Waals surface area contributed by atoms with Crippen LogP contribution in [0.5, 0.6) is 0 Å². The molecule has 82 valence electrons. The van der Waals surface area contributed by atoms with E-state index in [1.54, 1.807) is 12.3 Å². The highest BCUT2D eigenvalue weighted by atomic mass is 16.3. The van der Waals surface area contributed by atoms with E-state index < -0.39 is 0 Å². The van der Waals surface area contributed by atoms with Gasteiger partial charge >= 0.3 is 0 Å². The van der Waals surface area contributed by atoms with Crippen molar-refractivity contribution in [2.75, 3.05) is 11.1 Å².